The minimum Gasteiger partial charge on any atom is -0.399 e. The van der Waals surface area contributed by atoms with Crippen molar-refractivity contribution in [1.29, 1.82) is 0 Å². The number of carbonyl (C=O) groups is 1. The monoisotopic (exact) mass is 307 g/mol. The third-order valence-electron chi connectivity index (χ3n) is 2.61. The molecular weight excluding hydrogens is 294 g/mol. The number of nitrogens with one attached hydrogen (secondary N) is 1. The second kappa shape index (κ2) is 5.27. The molecular formula is C13H14BrN3O. The highest BCUT2D eigenvalue weighted by molar-refractivity contribution is 9.10. The van der Waals surface area contributed by atoms with Gasteiger partial charge in [0.15, 0.2) is 0 Å². The van der Waals surface area contributed by atoms with Crippen molar-refractivity contribution in [2.45, 2.75) is 13.5 Å². The summed E-state index contributed by atoms with van der Waals surface area (Å²) >= 11 is 3.37. The van der Waals surface area contributed by atoms with Gasteiger partial charge in [-0.05, 0) is 53.2 Å². The Morgan fingerprint density at radius 1 is 1.39 bits per heavy atom. The number of nitrogens with zero attached hydrogens (tertiary/aromatic N) is 1. The first-order valence-corrected chi connectivity index (χ1v) is 6.42. The van der Waals surface area contributed by atoms with E-state index in [4.69, 9.17) is 5.73 Å². The Balaban J connectivity index is 2.19. The molecule has 1 amide bonds. The Kier molecular flexibility index (Phi) is 3.72. The number of aryl methyl sites for hydroxylation is 1. The second-order valence-electron chi connectivity index (χ2n) is 3.91. The summed E-state index contributed by atoms with van der Waals surface area (Å²) in [5.41, 5.74) is 7.63. The van der Waals surface area contributed by atoms with Crippen LogP contribution in [-0.4, -0.2) is 10.5 Å². The van der Waals surface area contributed by atoms with Crippen molar-refractivity contribution in [3.63, 3.8) is 0 Å². The number of carbonyl (C=O) groups excluding carboxylic acids is 1. The number of amides is 1. The molecule has 1 heterocycles. The molecule has 18 heavy (non-hydrogen) atoms. The van der Waals surface area contributed by atoms with Gasteiger partial charge in [0.1, 0.15) is 5.69 Å². The van der Waals surface area contributed by atoms with Gasteiger partial charge in [-0.3, -0.25) is 4.79 Å². The van der Waals surface area contributed by atoms with E-state index < -0.39 is 0 Å². The van der Waals surface area contributed by atoms with Crippen LogP contribution in [0, 0.1) is 0 Å². The average Bonchev–Trinajstić information content (AvgIpc) is 2.73. The maximum atomic E-state index is 12.1. The number of halogens is 1. The second-order valence-corrected chi connectivity index (χ2v) is 4.82. The summed E-state index contributed by atoms with van der Waals surface area (Å²) in [6, 6.07) is 8.87. The summed E-state index contributed by atoms with van der Waals surface area (Å²) in [6.45, 7) is 2.74. The van der Waals surface area contributed by atoms with E-state index in [2.05, 4.69) is 21.2 Å². The van der Waals surface area contributed by atoms with Crippen LogP contribution in [0.5, 0.6) is 0 Å². The van der Waals surface area contributed by atoms with E-state index in [1.807, 2.05) is 17.7 Å². The van der Waals surface area contributed by atoms with E-state index in [1.54, 1.807) is 30.3 Å². The van der Waals surface area contributed by atoms with Crippen LogP contribution in [0.3, 0.4) is 0 Å². The zero-order chi connectivity index (χ0) is 13.1. The van der Waals surface area contributed by atoms with Crippen LogP contribution in [0.2, 0.25) is 0 Å². The Hall–Kier alpha value is -1.75. The summed E-state index contributed by atoms with van der Waals surface area (Å²) in [5.74, 6) is -0.132. The van der Waals surface area contributed by atoms with Crippen LogP contribution in [0.25, 0.3) is 0 Å². The van der Waals surface area contributed by atoms with Crippen LogP contribution >= 0.6 is 15.9 Å². The molecule has 2 rings (SSSR count). The lowest BCUT2D eigenvalue weighted by Gasteiger charge is -2.07. The van der Waals surface area contributed by atoms with Gasteiger partial charge in [0, 0.05) is 28.6 Å². The van der Waals surface area contributed by atoms with Gasteiger partial charge in [-0.25, -0.2) is 0 Å². The number of anilines is 2. The molecule has 1 aromatic carbocycles. The van der Waals surface area contributed by atoms with Gasteiger partial charge in [0.25, 0.3) is 5.91 Å². The van der Waals surface area contributed by atoms with Crippen LogP contribution in [0.15, 0.2) is 41.0 Å². The van der Waals surface area contributed by atoms with Crippen molar-refractivity contribution in [1.82, 2.24) is 4.57 Å². The van der Waals surface area contributed by atoms with Crippen LogP contribution < -0.4 is 11.1 Å². The van der Waals surface area contributed by atoms with Crippen LogP contribution in [0.1, 0.15) is 17.4 Å². The molecule has 1 aromatic heterocycles. The lowest BCUT2D eigenvalue weighted by atomic mass is 10.3. The van der Waals surface area contributed by atoms with Crippen molar-refractivity contribution in [2.24, 2.45) is 0 Å². The highest BCUT2D eigenvalue weighted by Gasteiger charge is 2.12. The van der Waals surface area contributed by atoms with E-state index in [0.717, 1.165) is 16.7 Å². The van der Waals surface area contributed by atoms with Crippen LogP contribution in [0.4, 0.5) is 11.4 Å². The SMILES string of the molecule is CCn1cc(Br)cc1C(=O)Nc1ccc(N)cc1. The predicted octanol–water partition coefficient (Wildman–Crippen LogP) is 3.11. The quantitative estimate of drug-likeness (QED) is 0.856. The summed E-state index contributed by atoms with van der Waals surface area (Å²) < 4.78 is 2.78. The first kappa shape index (κ1) is 12.7. The molecule has 0 atom stereocenters. The van der Waals surface area contributed by atoms with Gasteiger partial charge in [-0.15, -0.1) is 0 Å². The smallest absolute Gasteiger partial charge is 0.272 e. The molecule has 4 nitrogen and oxygen atoms in total. The standard InChI is InChI=1S/C13H14BrN3O/c1-2-17-8-9(14)7-12(17)13(18)16-11-5-3-10(15)4-6-11/h3-8H,2,15H2,1H3,(H,16,18). The van der Waals surface area contributed by atoms with Crippen molar-refractivity contribution in [2.75, 3.05) is 11.1 Å². The molecule has 0 bridgehead atoms. The molecule has 0 saturated heterocycles. The molecule has 0 aliphatic carbocycles. The highest BCUT2D eigenvalue weighted by Crippen LogP contribution is 2.17. The number of nitrogens with two attached hydrogens (primary N) is 1. The largest absolute Gasteiger partial charge is 0.399 e. The fourth-order valence-electron chi connectivity index (χ4n) is 1.69. The van der Waals surface area contributed by atoms with E-state index in [0.29, 0.717) is 11.4 Å². The average molecular weight is 308 g/mol. The van der Waals surface area contributed by atoms with Crippen molar-refractivity contribution in [3.05, 3.63) is 46.7 Å². The maximum absolute atomic E-state index is 12.1. The number of hydrogen-bond donors (Lipinski definition) is 2. The maximum Gasteiger partial charge on any atom is 0.272 e. The summed E-state index contributed by atoms with van der Waals surface area (Å²) in [4.78, 5) is 12.1. The number of nitrogen functional groups attached to an aromatic ring is 1. The van der Waals surface area contributed by atoms with E-state index >= 15 is 0 Å². The summed E-state index contributed by atoms with van der Waals surface area (Å²) in [6.07, 6.45) is 1.89. The first-order chi connectivity index (χ1) is 8.60. The number of rotatable bonds is 3. The zero-order valence-electron chi connectivity index (χ0n) is 9.98. The van der Waals surface area contributed by atoms with E-state index in [1.165, 1.54) is 0 Å². The summed E-state index contributed by atoms with van der Waals surface area (Å²) in [5, 5.41) is 2.84. The van der Waals surface area contributed by atoms with Crippen LogP contribution in [-0.2, 0) is 6.54 Å². The Bertz CT molecular complexity index is 560. The fraction of sp³-hybridized carbons (Fsp3) is 0.154. The molecule has 2 aromatic rings. The molecule has 0 fully saturated rings. The van der Waals surface area contributed by atoms with Crippen molar-refractivity contribution in [3.8, 4) is 0 Å². The lowest BCUT2D eigenvalue weighted by Crippen LogP contribution is -2.16. The Morgan fingerprint density at radius 2 is 2.06 bits per heavy atom. The minimum absolute atomic E-state index is 0.132. The molecule has 0 aliphatic heterocycles. The summed E-state index contributed by atoms with van der Waals surface area (Å²) in [7, 11) is 0. The zero-order valence-corrected chi connectivity index (χ0v) is 11.6. The third-order valence-corrected chi connectivity index (χ3v) is 3.04. The van der Waals surface area contributed by atoms with E-state index in [9.17, 15) is 4.79 Å². The molecule has 3 N–H and O–H groups in total. The Morgan fingerprint density at radius 3 is 2.67 bits per heavy atom. The van der Waals surface area contributed by atoms with Gasteiger partial charge in [0.05, 0.1) is 0 Å². The topological polar surface area (TPSA) is 60.0 Å². The van der Waals surface area contributed by atoms with Gasteiger partial charge in [-0.2, -0.15) is 0 Å². The highest BCUT2D eigenvalue weighted by atomic mass is 79.9. The Labute approximate surface area is 114 Å². The number of benzene rings is 1. The predicted molar refractivity (Wildman–Crippen MR) is 76.6 cm³/mol. The number of aromatic nitrogens is 1. The molecule has 0 aliphatic rings. The molecule has 0 unspecified atom stereocenters. The first-order valence-electron chi connectivity index (χ1n) is 5.62. The molecule has 5 heteroatoms. The van der Waals surface area contributed by atoms with Gasteiger partial charge < -0.3 is 15.6 Å². The lowest BCUT2D eigenvalue weighted by molar-refractivity contribution is 0.101. The van der Waals surface area contributed by atoms with E-state index in [-0.39, 0.29) is 5.91 Å². The normalized spacial score (nSPS) is 10.3. The fourth-order valence-corrected chi connectivity index (χ4v) is 2.15. The molecule has 0 saturated carbocycles. The molecule has 94 valence electrons. The van der Waals surface area contributed by atoms with Gasteiger partial charge in [-0.1, -0.05) is 0 Å². The van der Waals surface area contributed by atoms with Crippen molar-refractivity contribution >= 4 is 33.2 Å². The minimum atomic E-state index is -0.132. The molecule has 0 spiro atoms. The van der Waals surface area contributed by atoms with Gasteiger partial charge >= 0.3 is 0 Å². The van der Waals surface area contributed by atoms with Gasteiger partial charge in [0.2, 0.25) is 0 Å². The third kappa shape index (κ3) is 2.73. The van der Waals surface area contributed by atoms with Crippen molar-refractivity contribution < 1.29 is 4.79 Å². The molecule has 0 radical (unpaired) electrons. The number of hydrogen-bond acceptors (Lipinski definition) is 2.